The summed E-state index contributed by atoms with van der Waals surface area (Å²) in [5.74, 6) is -0.186. The Morgan fingerprint density at radius 1 is 1.03 bits per heavy atom. The highest BCUT2D eigenvalue weighted by molar-refractivity contribution is 7.18. The maximum Gasteiger partial charge on any atom is 0.244 e. The minimum atomic E-state index is -0.186. The zero-order chi connectivity index (χ0) is 21.8. The average molecular weight is 438 g/mol. The van der Waals surface area contributed by atoms with Crippen LogP contribution in [0.3, 0.4) is 0 Å². The number of aromatic nitrogens is 4. The lowest BCUT2D eigenvalue weighted by molar-refractivity contribution is -0.116. The number of pyridine rings is 1. The number of nitrogens with one attached hydrogen (secondary N) is 1. The predicted octanol–water partition coefficient (Wildman–Crippen LogP) is 4.87. The highest BCUT2D eigenvalue weighted by Gasteiger charge is 2.11. The van der Waals surface area contributed by atoms with Crippen LogP contribution in [-0.2, 0) is 11.3 Å². The van der Waals surface area contributed by atoms with Crippen LogP contribution in [0, 0.1) is 0 Å². The highest BCUT2D eigenvalue weighted by atomic mass is 32.1. The first-order valence-corrected chi connectivity index (χ1v) is 10.9. The molecule has 0 fully saturated rings. The largest absolute Gasteiger partial charge is 0.346 e. The molecule has 0 spiro atoms. The molecule has 0 unspecified atom stereocenters. The molecule has 5 aromatic rings. The number of benzene rings is 2. The molecular formula is C25H19N5OS. The van der Waals surface area contributed by atoms with Crippen LogP contribution in [0.2, 0.25) is 0 Å². The van der Waals surface area contributed by atoms with E-state index in [9.17, 15) is 4.79 Å². The van der Waals surface area contributed by atoms with Crippen LogP contribution in [0.4, 0.5) is 0 Å². The Kier molecular flexibility index (Phi) is 5.55. The second-order valence-electron chi connectivity index (χ2n) is 7.08. The fourth-order valence-corrected chi connectivity index (χ4v) is 4.24. The van der Waals surface area contributed by atoms with Crippen LogP contribution in [0.25, 0.3) is 33.2 Å². The number of rotatable bonds is 6. The molecular weight excluding hydrogens is 418 g/mol. The molecule has 1 N–H and O–H groups in total. The molecule has 32 heavy (non-hydrogen) atoms. The van der Waals surface area contributed by atoms with Gasteiger partial charge in [0, 0.05) is 35.8 Å². The lowest BCUT2D eigenvalue weighted by Gasteiger charge is -2.00. The van der Waals surface area contributed by atoms with Gasteiger partial charge < -0.3 is 5.32 Å². The van der Waals surface area contributed by atoms with E-state index in [0.29, 0.717) is 6.54 Å². The lowest BCUT2D eigenvalue weighted by atomic mass is 10.1. The van der Waals surface area contributed by atoms with Crippen molar-refractivity contribution in [1.29, 1.82) is 0 Å². The van der Waals surface area contributed by atoms with Crippen LogP contribution in [0.1, 0.15) is 10.6 Å². The first-order valence-electron chi connectivity index (χ1n) is 10.1. The summed E-state index contributed by atoms with van der Waals surface area (Å²) < 4.78 is 2.92. The third kappa shape index (κ3) is 4.33. The number of nitrogens with zero attached hydrogens (tertiary/aromatic N) is 4. The van der Waals surface area contributed by atoms with E-state index in [1.165, 1.54) is 6.08 Å². The van der Waals surface area contributed by atoms with E-state index in [4.69, 9.17) is 5.10 Å². The molecule has 0 bridgehead atoms. The first-order chi connectivity index (χ1) is 15.8. The van der Waals surface area contributed by atoms with Crippen molar-refractivity contribution in [2.45, 2.75) is 6.54 Å². The van der Waals surface area contributed by atoms with Crippen molar-refractivity contribution < 1.29 is 4.79 Å². The monoisotopic (exact) mass is 437 g/mol. The summed E-state index contributed by atoms with van der Waals surface area (Å²) in [7, 11) is 0. The molecule has 3 aromatic heterocycles. The fraction of sp³-hybridized carbons (Fsp3) is 0.0400. The second-order valence-corrected chi connectivity index (χ2v) is 8.20. The molecule has 1 amide bonds. The number of fused-ring (bicyclic) bond motifs is 1. The summed E-state index contributed by atoms with van der Waals surface area (Å²) in [6, 6.07) is 21.6. The molecule has 156 valence electrons. The normalized spacial score (nSPS) is 11.2. The third-order valence-electron chi connectivity index (χ3n) is 4.86. The zero-order valence-corrected chi connectivity index (χ0v) is 17.9. The number of carbonyl (C=O) groups excluding carboxylic acids is 1. The van der Waals surface area contributed by atoms with Crippen molar-refractivity contribution in [2.75, 3.05) is 0 Å². The number of hydrogen-bond donors (Lipinski definition) is 1. The molecule has 0 aliphatic carbocycles. The molecule has 6 nitrogen and oxygen atoms in total. The quantitative estimate of drug-likeness (QED) is 0.385. The summed E-state index contributed by atoms with van der Waals surface area (Å²) in [4.78, 5) is 21.2. The molecule has 7 heteroatoms. The second kappa shape index (κ2) is 8.95. The van der Waals surface area contributed by atoms with Gasteiger partial charge in [-0.2, -0.15) is 5.10 Å². The molecule has 0 atom stereocenters. The van der Waals surface area contributed by atoms with Crippen molar-refractivity contribution >= 4 is 33.5 Å². The molecule has 0 aliphatic rings. The van der Waals surface area contributed by atoms with Gasteiger partial charge in [-0.25, -0.2) is 9.67 Å². The number of para-hydroxylation sites is 2. The SMILES string of the molecule is O=C(/C=C/c1cn(-c2ccccc2)nc1-c1cccnc1)NCc1nc2ccccc2s1. The van der Waals surface area contributed by atoms with E-state index in [2.05, 4.69) is 15.3 Å². The Balaban J connectivity index is 1.36. The Bertz CT molecular complexity index is 1360. The van der Waals surface area contributed by atoms with Gasteiger partial charge in [-0.1, -0.05) is 30.3 Å². The number of hydrogen-bond acceptors (Lipinski definition) is 5. The molecule has 2 aromatic carbocycles. The number of thiazole rings is 1. The van der Waals surface area contributed by atoms with E-state index in [-0.39, 0.29) is 5.91 Å². The summed E-state index contributed by atoms with van der Waals surface area (Å²) in [6.07, 6.45) is 8.71. The third-order valence-corrected chi connectivity index (χ3v) is 5.90. The fourth-order valence-electron chi connectivity index (χ4n) is 3.33. The van der Waals surface area contributed by atoms with Crippen molar-refractivity contribution in [1.82, 2.24) is 25.1 Å². The molecule has 0 saturated heterocycles. The van der Waals surface area contributed by atoms with E-state index >= 15 is 0 Å². The number of amides is 1. The Morgan fingerprint density at radius 2 is 1.88 bits per heavy atom. The van der Waals surface area contributed by atoms with Crippen LogP contribution in [0.15, 0.2) is 91.4 Å². The van der Waals surface area contributed by atoms with Gasteiger partial charge in [-0.05, 0) is 42.5 Å². The first kappa shape index (κ1) is 19.8. The predicted molar refractivity (Wildman–Crippen MR) is 127 cm³/mol. The van der Waals surface area contributed by atoms with Gasteiger partial charge in [0.1, 0.15) is 10.7 Å². The molecule has 0 radical (unpaired) electrons. The van der Waals surface area contributed by atoms with E-state index in [0.717, 1.165) is 37.7 Å². The van der Waals surface area contributed by atoms with Gasteiger partial charge in [0.2, 0.25) is 5.91 Å². The van der Waals surface area contributed by atoms with Crippen molar-refractivity contribution in [3.63, 3.8) is 0 Å². The van der Waals surface area contributed by atoms with Gasteiger partial charge in [0.05, 0.1) is 22.4 Å². The summed E-state index contributed by atoms with van der Waals surface area (Å²) >= 11 is 1.58. The Labute approximate surface area is 188 Å². The van der Waals surface area contributed by atoms with Gasteiger partial charge in [-0.3, -0.25) is 9.78 Å². The topological polar surface area (TPSA) is 72.7 Å². The van der Waals surface area contributed by atoms with Crippen molar-refractivity contribution in [3.8, 4) is 16.9 Å². The molecule has 0 aliphatic heterocycles. The minimum Gasteiger partial charge on any atom is -0.346 e. The van der Waals surface area contributed by atoms with Gasteiger partial charge in [-0.15, -0.1) is 11.3 Å². The maximum atomic E-state index is 12.5. The molecule has 0 saturated carbocycles. The minimum absolute atomic E-state index is 0.186. The maximum absolute atomic E-state index is 12.5. The average Bonchev–Trinajstić information content (AvgIpc) is 3.47. The highest BCUT2D eigenvalue weighted by Crippen LogP contribution is 2.24. The van der Waals surface area contributed by atoms with Crippen LogP contribution < -0.4 is 5.32 Å². The van der Waals surface area contributed by atoms with Gasteiger partial charge in [0.25, 0.3) is 0 Å². The van der Waals surface area contributed by atoms with Crippen molar-refractivity contribution in [3.05, 3.63) is 102 Å². The van der Waals surface area contributed by atoms with Gasteiger partial charge >= 0.3 is 0 Å². The zero-order valence-electron chi connectivity index (χ0n) is 17.1. The van der Waals surface area contributed by atoms with Crippen LogP contribution in [-0.4, -0.2) is 25.7 Å². The van der Waals surface area contributed by atoms with Crippen LogP contribution >= 0.6 is 11.3 Å². The molecule has 5 rings (SSSR count). The van der Waals surface area contributed by atoms with Crippen LogP contribution in [0.5, 0.6) is 0 Å². The van der Waals surface area contributed by atoms with E-state index < -0.39 is 0 Å². The standard InChI is InChI=1S/C25H19N5OS/c31-23(27-16-24-28-21-10-4-5-11-22(21)32-24)13-12-19-17-30(20-8-2-1-3-9-20)29-25(19)18-7-6-14-26-15-18/h1-15,17H,16H2,(H,27,31)/b13-12+. The summed E-state index contributed by atoms with van der Waals surface area (Å²) in [5.41, 5.74) is 4.37. The van der Waals surface area contributed by atoms with E-state index in [1.807, 2.05) is 72.9 Å². The lowest BCUT2D eigenvalue weighted by Crippen LogP contribution is -2.20. The molecule has 3 heterocycles. The Hall–Kier alpha value is -4.10. The van der Waals surface area contributed by atoms with Crippen molar-refractivity contribution in [2.24, 2.45) is 0 Å². The summed E-state index contributed by atoms with van der Waals surface area (Å²) in [6.45, 7) is 0.390. The van der Waals surface area contributed by atoms with Gasteiger partial charge in [0.15, 0.2) is 0 Å². The smallest absolute Gasteiger partial charge is 0.244 e. The van der Waals surface area contributed by atoms with E-state index in [1.54, 1.807) is 34.5 Å². The number of carbonyl (C=O) groups is 1. The Morgan fingerprint density at radius 3 is 2.69 bits per heavy atom. The summed E-state index contributed by atoms with van der Waals surface area (Å²) in [5, 5.41) is 8.52.